The molecule has 0 spiro atoms. The van der Waals surface area contributed by atoms with Gasteiger partial charge in [-0.2, -0.15) is 9.13 Å². The van der Waals surface area contributed by atoms with Crippen LogP contribution in [0, 0.1) is 56.7 Å². The van der Waals surface area contributed by atoms with E-state index < -0.39 is 12.1 Å². The van der Waals surface area contributed by atoms with E-state index in [1.165, 1.54) is 30.5 Å². The molecule has 3 aromatic heterocycles. The highest BCUT2D eigenvalue weighted by Crippen LogP contribution is 2.77. The van der Waals surface area contributed by atoms with Crippen LogP contribution in [0.1, 0.15) is 125 Å². The Morgan fingerprint density at radius 2 is 1.14 bits per heavy atom. The normalized spacial score (nSPS) is 32.2. The highest BCUT2D eigenvalue weighted by atomic mass is 79.9. The van der Waals surface area contributed by atoms with E-state index in [9.17, 15) is 9.59 Å². The predicted octanol–water partition coefficient (Wildman–Crippen LogP) is 0.374. The molecule has 0 aromatic carbocycles. The van der Waals surface area contributed by atoms with Gasteiger partial charge in [-0.15, -0.1) is 0 Å². The van der Waals surface area contributed by atoms with E-state index in [2.05, 4.69) is 117 Å². The summed E-state index contributed by atoms with van der Waals surface area (Å²) in [5.41, 5.74) is 4.91. The van der Waals surface area contributed by atoms with E-state index in [1.54, 1.807) is 0 Å². The van der Waals surface area contributed by atoms with Crippen molar-refractivity contribution >= 4 is 29.0 Å². The zero-order valence-electron chi connectivity index (χ0n) is 44.7. The lowest BCUT2D eigenvalue weighted by Crippen LogP contribution is -3.00. The van der Waals surface area contributed by atoms with E-state index in [1.807, 2.05) is 76.0 Å². The minimum Gasteiger partial charge on any atom is -1.00 e. The Morgan fingerprint density at radius 3 is 1.67 bits per heavy atom. The molecule has 3 aromatic rings. The quantitative estimate of drug-likeness (QED) is 0.140. The van der Waals surface area contributed by atoms with Crippen LogP contribution in [0.25, 0.3) is 0 Å². The van der Waals surface area contributed by atoms with Crippen LogP contribution in [0.5, 0.6) is 0 Å². The van der Waals surface area contributed by atoms with Gasteiger partial charge >= 0.3 is 11.9 Å². The number of rotatable bonds is 13. The molecule has 3 heterocycles. The molecule has 0 saturated heterocycles. The molecule has 70 heavy (non-hydrogen) atoms. The van der Waals surface area contributed by atoms with Gasteiger partial charge in [0.25, 0.3) is 12.1 Å². The van der Waals surface area contributed by atoms with Crippen LogP contribution in [-0.4, -0.2) is 66.9 Å². The van der Waals surface area contributed by atoms with Crippen molar-refractivity contribution in [1.29, 1.82) is 0 Å². The maximum absolute atomic E-state index is 14.0. The van der Waals surface area contributed by atoms with Crippen LogP contribution in [0.3, 0.4) is 0 Å². The van der Waals surface area contributed by atoms with Crippen molar-refractivity contribution in [2.24, 2.45) is 56.7 Å². The van der Waals surface area contributed by atoms with Gasteiger partial charge in [0.15, 0.2) is 43.7 Å². The van der Waals surface area contributed by atoms with Crippen LogP contribution in [0.2, 0.25) is 0 Å². The molecular weight excluding hydrogens is 1070 g/mol. The number of aromatic nitrogens is 3. The topological polar surface area (TPSA) is 74.0 Å². The number of anilines is 3. The first-order valence-electron chi connectivity index (χ1n) is 25.6. The van der Waals surface area contributed by atoms with Crippen LogP contribution in [0.15, 0.2) is 85.7 Å². The summed E-state index contributed by atoms with van der Waals surface area (Å²) in [6, 6.07) is 11.8. The molecule has 10 nitrogen and oxygen atoms in total. The van der Waals surface area contributed by atoms with Gasteiger partial charge in [0, 0.05) is 120 Å². The summed E-state index contributed by atoms with van der Waals surface area (Å²) in [6.07, 6.45) is 23.4. The Labute approximate surface area is 453 Å². The van der Waals surface area contributed by atoms with Gasteiger partial charge in [-0.1, -0.05) is 41.2 Å². The first kappa shape index (κ1) is 57.9. The fourth-order valence-corrected chi connectivity index (χ4v) is 15.6. The third-order valence-electron chi connectivity index (χ3n) is 19.9. The van der Waals surface area contributed by atoms with Crippen molar-refractivity contribution in [2.45, 2.75) is 137 Å². The fraction of sp³-hybridized carbons (Fsp3) is 0.667. The molecule has 5 saturated carbocycles. The highest BCUT2D eigenvalue weighted by molar-refractivity contribution is 5.72. The van der Waals surface area contributed by atoms with Crippen molar-refractivity contribution in [1.82, 2.24) is 0 Å². The summed E-state index contributed by atoms with van der Waals surface area (Å²) in [4.78, 5) is 34.2. The number of esters is 2. The molecule has 0 N–H and O–H groups in total. The lowest BCUT2D eigenvalue weighted by atomic mass is 9.32. The molecule has 5 fully saturated rings. The highest BCUT2D eigenvalue weighted by Gasteiger charge is 2.71. The SMILES string of the molecule is C=C(C[n+]1ccc(N(C)C)cc1)[C@@H]1CC[C@]2(COC(=O)C(C)[n+]3ccc(N(C)C)cc3)CC[C@]3(C)[C@H](CC[C@@H]4[C@@]5(C)CC[C@H](OC(=O)C(C)[n+]6ccc(N(C)C)cc6)C(C)(C)[C@@H]5CC[C@]43C)[C@@H]12.[Br-].[Br-].[Br-]. The van der Waals surface area contributed by atoms with Crippen LogP contribution in [0.4, 0.5) is 17.1 Å². The van der Waals surface area contributed by atoms with Gasteiger partial charge in [-0.05, 0) is 116 Å². The Balaban J connectivity index is 0.00000304. The zero-order valence-corrected chi connectivity index (χ0v) is 49.4. The van der Waals surface area contributed by atoms with E-state index in [0.717, 1.165) is 62.9 Å². The molecule has 12 atom stereocenters. The summed E-state index contributed by atoms with van der Waals surface area (Å²) in [6.45, 7) is 22.9. The lowest BCUT2D eigenvalue weighted by Gasteiger charge is -2.73. The molecule has 13 heteroatoms. The molecule has 2 unspecified atom stereocenters. The second-order valence-corrected chi connectivity index (χ2v) is 24.0. The molecular formula is C57H85Br3N6O4. The van der Waals surface area contributed by atoms with Crippen molar-refractivity contribution in [3.63, 3.8) is 0 Å². The van der Waals surface area contributed by atoms with Crippen molar-refractivity contribution < 1.29 is 83.7 Å². The lowest BCUT2D eigenvalue weighted by molar-refractivity contribution is -0.707. The number of carbonyl (C=O) groups excluding carboxylic acids is 2. The van der Waals surface area contributed by atoms with E-state index >= 15 is 0 Å². The number of halogens is 3. The van der Waals surface area contributed by atoms with Crippen LogP contribution in [-0.2, 0) is 25.6 Å². The number of hydrogen-bond acceptors (Lipinski definition) is 7. The Hall–Kier alpha value is -3.03. The van der Waals surface area contributed by atoms with Gasteiger partial charge in [0.1, 0.15) is 6.10 Å². The second kappa shape index (κ2) is 21.8. The standard InChI is InChI=1S/C57H85N6O4.3BrH/c1-39(37-61-31-20-42(21-32-61)58(9)10)45-17-28-57(38-66-51(64)40(2)62-33-22-43(23-34-62)59(11)12)30-29-55(7)46(50(45)57)15-16-48-54(6)26-19-49(53(4,5)47(54)18-27-56(48,55)8)67-52(65)41(3)63-35-24-44(25-36-63)60(13)14;;;/h20-25,31-36,40-41,45-50H,1,15-19,26-30,37-38H2,2-14H3;3*1H/q+3;;;/p-3/t40?,41?,45-,46+,47-,48+,49-,50+,54-,55+,56+,57+;;;/m0.../s1. The third kappa shape index (κ3) is 10.1. The van der Waals surface area contributed by atoms with E-state index in [0.29, 0.717) is 36.2 Å². The second-order valence-electron chi connectivity index (χ2n) is 24.0. The largest absolute Gasteiger partial charge is 1.00 e. The molecule has 0 radical (unpaired) electrons. The molecule has 8 rings (SSSR count). The summed E-state index contributed by atoms with van der Waals surface area (Å²) >= 11 is 0. The first-order chi connectivity index (χ1) is 31.6. The summed E-state index contributed by atoms with van der Waals surface area (Å²) < 4.78 is 19.4. The maximum atomic E-state index is 14.0. The number of allylic oxidation sites excluding steroid dienone is 1. The molecule has 388 valence electrons. The van der Waals surface area contributed by atoms with Crippen molar-refractivity contribution in [3.8, 4) is 0 Å². The summed E-state index contributed by atoms with van der Waals surface area (Å²) in [5, 5.41) is 0. The smallest absolute Gasteiger partial charge is 0.375 e. The van der Waals surface area contributed by atoms with E-state index in [-0.39, 0.29) is 96.1 Å². The number of carbonyl (C=O) groups is 2. The van der Waals surface area contributed by atoms with Crippen LogP contribution < -0.4 is 79.3 Å². The van der Waals surface area contributed by atoms with Gasteiger partial charge in [-0.3, -0.25) is 0 Å². The number of hydrogen-bond donors (Lipinski definition) is 0. The first-order valence-corrected chi connectivity index (χ1v) is 25.6. The van der Waals surface area contributed by atoms with Gasteiger partial charge in [0.2, 0.25) is 0 Å². The van der Waals surface area contributed by atoms with Crippen LogP contribution >= 0.6 is 0 Å². The molecule has 0 aliphatic heterocycles. The molecule has 0 bridgehead atoms. The molecule has 5 aliphatic carbocycles. The Bertz CT molecular complexity index is 2290. The Morgan fingerprint density at radius 1 is 0.629 bits per heavy atom. The number of pyridine rings is 3. The number of ether oxygens (including phenoxy) is 2. The van der Waals surface area contributed by atoms with Gasteiger partial charge in [0.05, 0.1) is 6.61 Å². The molecule has 5 aliphatic rings. The zero-order chi connectivity index (χ0) is 48.4. The molecule has 0 amide bonds. The summed E-state index contributed by atoms with van der Waals surface area (Å²) in [7, 11) is 12.3. The number of nitrogens with zero attached hydrogens (tertiary/aromatic N) is 6. The average Bonchev–Trinajstić information content (AvgIpc) is 3.69. The minimum atomic E-state index is -0.412. The van der Waals surface area contributed by atoms with Crippen molar-refractivity contribution in [2.75, 3.05) is 63.6 Å². The van der Waals surface area contributed by atoms with E-state index in [4.69, 9.17) is 16.1 Å². The third-order valence-corrected chi connectivity index (χ3v) is 19.9. The van der Waals surface area contributed by atoms with Gasteiger partial charge in [-0.25, -0.2) is 14.2 Å². The van der Waals surface area contributed by atoms with Crippen molar-refractivity contribution in [3.05, 3.63) is 85.7 Å². The maximum Gasteiger partial charge on any atom is 0.375 e. The predicted molar refractivity (Wildman–Crippen MR) is 266 cm³/mol. The Kier molecular flexibility index (Phi) is 18.0. The van der Waals surface area contributed by atoms with Gasteiger partial charge < -0.3 is 75.1 Å². The minimum absolute atomic E-state index is 0. The number of fused-ring (bicyclic) bond motifs is 7. The monoisotopic (exact) mass is 1150 g/mol. The fourth-order valence-electron chi connectivity index (χ4n) is 15.6. The summed E-state index contributed by atoms with van der Waals surface area (Å²) in [5.74, 6) is 2.01. The average molecular weight is 1160 g/mol.